The third-order valence-corrected chi connectivity index (χ3v) is 3.70. The van der Waals surface area contributed by atoms with Crippen molar-refractivity contribution in [2.24, 2.45) is 0 Å². The topological polar surface area (TPSA) is 68.5 Å². The number of esters is 1. The molecule has 0 saturated carbocycles. The lowest BCUT2D eigenvalue weighted by Crippen LogP contribution is -2.29. The largest absolute Gasteiger partial charge is 0.447 e. The number of anilines is 1. The van der Waals surface area contributed by atoms with Gasteiger partial charge in [0.1, 0.15) is 0 Å². The number of ether oxygens (including phenoxy) is 1. The highest BCUT2D eigenvalue weighted by atomic mass is 79.9. The van der Waals surface area contributed by atoms with Crippen molar-refractivity contribution in [3.05, 3.63) is 52.4 Å². The molecule has 0 spiro atoms. The molecule has 0 aliphatic rings. The Labute approximate surface area is 143 Å². The van der Waals surface area contributed by atoms with Crippen molar-refractivity contribution in [2.75, 3.05) is 5.32 Å². The van der Waals surface area contributed by atoms with Gasteiger partial charge >= 0.3 is 5.97 Å². The highest BCUT2D eigenvalue weighted by Crippen LogP contribution is 2.18. The van der Waals surface area contributed by atoms with E-state index in [-0.39, 0.29) is 5.76 Å². The molecule has 2 rings (SSSR count). The van der Waals surface area contributed by atoms with E-state index in [4.69, 9.17) is 9.15 Å². The number of furan rings is 1. The van der Waals surface area contributed by atoms with Crippen LogP contribution in [0.4, 0.5) is 5.69 Å². The molecule has 6 heteroatoms. The lowest BCUT2D eigenvalue weighted by Gasteiger charge is -2.13. The summed E-state index contributed by atoms with van der Waals surface area (Å²) in [6.45, 7) is 5.71. The van der Waals surface area contributed by atoms with Gasteiger partial charge in [0.15, 0.2) is 10.8 Å². The number of carbonyl (C=O) groups excluding carboxylic acids is 2. The van der Waals surface area contributed by atoms with E-state index in [9.17, 15) is 9.59 Å². The van der Waals surface area contributed by atoms with Gasteiger partial charge in [-0.2, -0.15) is 0 Å². The van der Waals surface area contributed by atoms with Crippen molar-refractivity contribution in [3.8, 4) is 0 Å². The molecule has 5 nitrogen and oxygen atoms in total. The Morgan fingerprint density at radius 2 is 1.74 bits per heavy atom. The third kappa shape index (κ3) is 4.69. The van der Waals surface area contributed by atoms with Gasteiger partial charge in [-0.25, -0.2) is 4.79 Å². The molecule has 0 aliphatic carbocycles. The highest BCUT2D eigenvalue weighted by Gasteiger charge is 2.21. The Morgan fingerprint density at radius 1 is 1.09 bits per heavy atom. The van der Waals surface area contributed by atoms with E-state index in [0.29, 0.717) is 16.3 Å². The zero-order chi connectivity index (χ0) is 17.0. The molecule has 0 unspecified atom stereocenters. The molecule has 1 heterocycles. The molecule has 1 aromatic heterocycles. The molecule has 1 N–H and O–H groups in total. The summed E-state index contributed by atoms with van der Waals surface area (Å²) in [7, 11) is 0. The van der Waals surface area contributed by atoms with Crippen molar-refractivity contribution in [1.82, 2.24) is 0 Å². The first-order valence-electron chi connectivity index (χ1n) is 7.24. The molecule has 122 valence electrons. The molecular formula is C17H18BrNO4. The summed E-state index contributed by atoms with van der Waals surface area (Å²) in [5, 5.41) is 2.71. The van der Waals surface area contributed by atoms with Crippen LogP contribution < -0.4 is 5.32 Å². The lowest BCUT2D eigenvalue weighted by atomic mass is 10.0. The minimum atomic E-state index is -0.934. The number of hydrogen-bond donors (Lipinski definition) is 1. The molecule has 0 aliphatic heterocycles. The SMILES string of the molecule is CC(C)c1ccc(NC(=O)[C@H](C)OC(=O)c2ccc(Br)o2)cc1. The first kappa shape index (κ1) is 17.3. The van der Waals surface area contributed by atoms with Crippen LogP contribution in [-0.4, -0.2) is 18.0 Å². The van der Waals surface area contributed by atoms with Crippen LogP contribution in [0.2, 0.25) is 0 Å². The van der Waals surface area contributed by atoms with E-state index in [2.05, 4.69) is 35.1 Å². The fourth-order valence-corrected chi connectivity index (χ4v) is 2.20. The van der Waals surface area contributed by atoms with Crippen molar-refractivity contribution < 1.29 is 18.7 Å². The maximum absolute atomic E-state index is 12.1. The Morgan fingerprint density at radius 3 is 2.26 bits per heavy atom. The van der Waals surface area contributed by atoms with E-state index >= 15 is 0 Å². The predicted molar refractivity (Wildman–Crippen MR) is 90.4 cm³/mol. The van der Waals surface area contributed by atoms with Gasteiger partial charge in [-0.05, 0) is 58.6 Å². The minimum Gasteiger partial charge on any atom is -0.447 e. The Kier molecular flexibility index (Phi) is 5.60. The Hall–Kier alpha value is -2.08. The normalized spacial score (nSPS) is 12.0. The highest BCUT2D eigenvalue weighted by molar-refractivity contribution is 9.10. The summed E-state index contributed by atoms with van der Waals surface area (Å²) in [4.78, 5) is 23.9. The predicted octanol–water partition coefficient (Wildman–Crippen LogP) is 4.35. The fraction of sp³-hybridized carbons (Fsp3) is 0.294. The van der Waals surface area contributed by atoms with Gasteiger partial charge in [0, 0.05) is 5.69 Å². The third-order valence-electron chi connectivity index (χ3n) is 3.27. The minimum absolute atomic E-state index is 0.0396. The molecule has 23 heavy (non-hydrogen) atoms. The van der Waals surface area contributed by atoms with Gasteiger partial charge in [-0.3, -0.25) is 4.79 Å². The Balaban J connectivity index is 1.93. The van der Waals surface area contributed by atoms with Gasteiger partial charge in [0.2, 0.25) is 5.76 Å². The number of halogens is 1. The second-order valence-electron chi connectivity index (χ2n) is 5.42. The molecular weight excluding hydrogens is 362 g/mol. The maximum Gasteiger partial charge on any atom is 0.375 e. The molecule has 0 radical (unpaired) electrons. The lowest BCUT2D eigenvalue weighted by molar-refractivity contribution is -0.123. The van der Waals surface area contributed by atoms with Gasteiger partial charge in [0.25, 0.3) is 5.91 Å². The average Bonchev–Trinajstić information content (AvgIpc) is 2.94. The van der Waals surface area contributed by atoms with Crippen molar-refractivity contribution in [3.63, 3.8) is 0 Å². The molecule has 0 fully saturated rings. The van der Waals surface area contributed by atoms with Crippen molar-refractivity contribution >= 4 is 33.5 Å². The Bertz CT molecular complexity index is 691. The van der Waals surface area contributed by atoms with Crippen LogP contribution in [0.1, 0.15) is 42.8 Å². The molecule has 2 aromatic rings. The zero-order valence-electron chi connectivity index (χ0n) is 13.1. The van der Waals surface area contributed by atoms with Gasteiger partial charge in [-0.1, -0.05) is 26.0 Å². The number of rotatable bonds is 5. The standard InChI is InChI=1S/C17H18BrNO4/c1-10(2)12-4-6-13(7-5-12)19-16(20)11(3)22-17(21)14-8-9-15(18)23-14/h4-11H,1-3H3,(H,19,20)/t11-/m0/s1. The fourth-order valence-electron chi connectivity index (χ4n) is 1.89. The number of amides is 1. The molecule has 0 bridgehead atoms. The average molecular weight is 380 g/mol. The molecule has 1 amide bonds. The smallest absolute Gasteiger partial charge is 0.375 e. The summed E-state index contributed by atoms with van der Waals surface area (Å²) in [5.74, 6) is -0.625. The van der Waals surface area contributed by atoms with Crippen LogP contribution in [0.5, 0.6) is 0 Å². The molecule has 1 aromatic carbocycles. The number of nitrogens with one attached hydrogen (secondary N) is 1. The summed E-state index contributed by atoms with van der Waals surface area (Å²) < 4.78 is 10.6. The van der Waals surface area contributed by atoms with Crippen molar-refractivity contribution in [1.29, 1.82) is 0 Å². The maximum atomic E-state index is 12.1. The van der Waals surface area contributed by atoms with Crippen LogP contribution in [0.3, 0.4) is 0 Å². The molecule has 0 saturated heterocycles. The van der Waals surface area contributed by atoms with Crippen LogP contribution in [0, 0.1) is 0 Å². The molecule has 1 atom stereocenters. The quantitative estimate of drug-likeness (QED) is 0.784. The van der Waals surface area contributed by atoms with Gasteiger partial charge in [0.05, 0.1) is 0 Å². The van der Waals surface area contributed by atoms with Gasteiger partial charge in [-0.15, -0.1) is 0 Å². The van der Waals surface area contributed by atoms with E-state index < -0.39 is 18.0 Å². The summed E-state index contributed by atoms with van der Waals surface area (Å²) in [5.41, 5.74) is 1.84. The first-order chi connectivity index (χ1) is 10.9. The van der Waals surface area contributed by atoms with E-state index in [1.807, 2.05) is 24.3 Å². The zero-order valence-corrected chi connectivity index (χ0v) is 14.7. The number of hydrogen-bond acceptors (Lipinski definition) is 4. The second kappa shape index (κ2) is 7.46. The van der Waals surface area contributed by atoms with Crippen LogP contribution in [-0.2, 0) is 9.53 Å². The monoisotopic (exact) mass is 379 g/mol. The number of carbonyl (C=O) groups is 2. The van der Waals surface area contributed by atoms with E-state index in [1.165, 1.54) is 18.6 Å². The van der Waals surface area contributed by atoms with Gasteiger partial charge < -0.3 is 14.5 Å². The van der Waals surface area contributed by atoms with E-state index in [0.717, 1.165) is 0 Å². The summed E-state index contributed by atoms with van der Waals surface area (Å²) >= 11 is 3.10. The second-order valence-corrected chi connectivity index (χ2v) is 6.20. The number of benzene rings is 1. The van der Waals surface area contributed by atoms with Crippen LogP contribution in [0.25, 0.3) is 0 Å². The summed E-state index contributed by atoms with van der Waals surface area (Å²) in [6, 6.07) is 10.6. The van der Waals surface area contributed by atoms with Crippen LogP contribution >= 0.6 is 15.9 Å². The first-order valence-corrected chi connectivity index (χ1v) is 8.03. The van der Waals surface area contributed by atoms with Crippen LogP contribution in [0.15, 0.2) is 45.5 Å². The van der Waals surface area contributed by atoms with Crippen molar-refractivity contribution in [2.45, 2.75) is 32.8 Å². The summed E-state index contributed by atoms with van der Waals surface area (Å²) in [6.07, 6.45) is -0.934. The van der Waals surface area contributed by atoms with E-state index in [1.54, 1.807) is 6.07 Å².